The van der Waals surface area contributed by atoms with Gasteiger partial charge in [-0.15, -0.1) is 0 Å². The lowest BCUT2D eigenvalue weighted by Gasteiger charge is -2.26. The lowest BCUT2D eigenvalue weighted by molar-refractivity contribution is -0.122. The molecule has 4 rings (SSSR count). The number of methoxy groups -OCH3 is 1. The summed E-state index contributed by atoms with van der Waals surface area (Å²) in [5.74, 6) is -0.976. The molecule has 3 aromatic carbocycles. The molecular weight excluding hydrogens is 491 g/mol. The molecule has 35 heavy (non-hydrogen) atoms. The molecule has 1 saturated heterocycles. The second kappa shape index (κ2) is 10.2. The second-order valence-corrected chi connectivity index (χ2v) is 8.53. The Morgan fingerprint density at radius 2 is 1.74 bits per heavy atom. The Balaban J connectivity index is 1.65. The van der Waals surface area contributed by atoms with Gasteiger partial charge in [-0.2, -0.15) is 0 Å². The van der Waals surface area contributed by atoms with Crippen LogP contribution in [0.4, 0.5) is 10.5 Å². The highest BCUT2D eigenvalue weighted by Crippen LogP contribution is 2.38. The molecular formula is C26H20Cl2N2O5. The minimum Gasteiger partial charge on any atom is -0.493 e. The van der Waals surface area contributed by atoms with Crippen LogP contribution in [0, 0.1) is 6.92 Å². The van der Waals surface area contributed by atoms with Gasteiger partial charge >= 0.3 is 6.03 Å². The molecule has 0 radical (unpaired) electrons. The average Bonchev–Trinajstić information content (AvgIpc) is 2.81. The molecule has 178 valence electrons. The van der Waals surface area contributed by atoms with Crippen LogP contribution in [-0.4, -0.2) is 25.0 Å². The van der Waals surface area contributed by atoms with E-state index < -0.39 is 17.8 Å². The van der Waals surface area contributed by atoms with Gasteiger partial charge < -0.3 is 9.47 Å². The summed E-state index contributed by atoms with van der Waals surface area (Å²) in [6, 6.07) is 16.4. The number of anilines is 1. The zero-order chi connectivity index (χ0) is 25.1. The molecule has 4 amide bonds. The number of ether oxygens (including phenoxy) is 2. The van der Waals surface area contributed by atoms with Gasteiger partial charge in [0.25, 0.3) is 11.8 Å². The molecule has 0 aromatic heterocycles. The van der Waals surface area contributed by atoms with E-state index in [0.29, 0.717) is 22.0 Å². The van der Waals surface area contributed by atoms with Crippen LogP contribution < -0.4 is 19.7 Å². The predicted molar refractivity (Wildman–Crippen MR) is 134 cm³/mol. The number of hydrogen-bond acceptors (Lipinski definition) is 5. The number of carbonyl (C=O) groups is 3. The largest absolute Gasteiger partial charge is 0.493 e. The number of halogens is 2. The minimum atomic E-state index is -0.818. The first kappa shape index (κ1) is 24.3. The third-order valence-corrected chi connectivity index (χ3v) is 5.90. The molecule has 0 saturated carbocycles. The Morgan fingerprint density at radius 3 is 2.46 bits per heavy atom. The van der Waals surface area contributed by atoms with E-state index in [0.717, 1.165) is 16.0 Å². The van der Waals surface area contributed by atoms with E-state index in [2.05, 4.69) is 5.32 Å². The molecule has 1 aliphatic heterocycles. The van der Waals surface area contributed by atoms with Gasteiger partial charge in [0.15, 0.2) is 11.5 Å². The summed E-state index contributed by atoms with van der Waals surface area (Å²) in [7, 11) is 1.45. The van der Waals surface area contributed by atoms with Crippen molar-refractivity contribution in [2.75, 3.05) is 12.0 Å². The summed E-state index contributed by atoms with van der Waals surface area (Å²) in [6.45, 7) is 1.99. The van der Waals surface area contributed by atoms with Crippen LogP contribution in [0.1, 0.15) is 16.7 Å². The van der Waals surface area contributed by atoms with Crippen LogP contribution in [-0.2, 0) is 16.2 Å². The normalized spacial score (nSPS) is 14.8. The fourth-order valence-corrected chi connectivity index (χ4v) is 4.02. The zero-order valence-electron chi connectivity index (χ0n) is 18.8. The van der Waals surface area contributed by atoms with Crippen LogP contribution in [0.3, 0.4) is 0 Å². The van der Waals surface area contributed by atoms with Crippen LogP contribution in [0.2, 0.25) is 10.0 Å². The van der Waals surface area contributed by atoms with E-state index in [1.54, 1.807) is 30.3 Å². The van der Waals surface area contributed by atoms with Crippen LogP contribution in [0.25, 0.3) is 6.08 Å². The number of rotatable bonds is 6. The molecule has 1 aliphatic rings. The van der Waals surface area contributed by atoms with E-state index in [1.165, 1.54) is 19.3 Å². The van der Waals surface area contributed by atoms with Crippen molar-refractivity contribution in [3.05, 3.63) is 93.0 Å². The molecule has 1 N–H and O–H groups in total. The number of urea groups is 1. The molecule has 7 nitrogen and oxygen atoms in total. The van der Waals surface area contributed by atoms with Gasteiger partial charge in [-0.3, -0.25) is 14.9 Å². The Hall–Kier alpha value is -3.81. The Kier molecular flexibility index (Phi) is 7.10. The first-order valence-corrected chi connectivity index (χ1v) is 11.3. The second-order valence-electron chi connectivity index (χ2n) is 7.71. The van der Waals surface area contributed by atoms with E-state index >= 15 is 0 Å². The highest BCUT2D eigenvalue weighted by molar-refractivity contribution is 6.39. The van der Waals surface area contributed by atoms with Gasteiger partial charge in [0.05, 0.1) is 17.8 Å². The number of amides is 4. The van der Waals surface area contributed by atoms with Gasteiger partial charge in [-0.05, 0) is 54.5 Å². The highest BCUT2D eigenvalue weighted by atomic mass is 35.5. The van der Waals surface area contributed by atoms with Crippen molar-refractivity contribution in [3.8, 4) is 11.5 Å². The Bertz CT molecular complexity index is 1370. The number of nitrogens with one attached hydrogen (secondary N) is 1. The lowest BCUT2D eigenvalue weighted by atomic mass is 10.1. The van der Waals surface area contributed by atoms with Crippen LogP contribution in [0.15, 0.2) is 66.2 Å². The number of nitrogens with zero attached hydrogens (tertiary/aromatic N) is 1. The zero-order valence-corrected chi connectivity index (χ0v) is 20.3. The lowest BCUT2D eigenvalue weighted by Crippen LogP contribution is -2.54. The van der Waals surface area contributed by atoms with Crippen molar-refractivity contribution in [3.63, 3.8) is 0 Å². The Morgan fingerprint density at radius 1 is 0.971 bits per heavy atom. The summed E-state index contributed by atoms with van der Waals surface area (Å²) in [5.41, 5.74) is 2.16. The molecule has 0 atom stereocenters. The van der Waals surface area contributed by atoms with E-state index in [-0.39, 0.29) is 23.0 Å². The average molecular weight is 511 g/mol. The monoisotopic (exact) mass is 510 g/mol. The minimum absolute atomic E-state index is 0.157. The van der Waals surface area contributed by atoms with Gasteiger partial charge in [0, 0.05) is 10.6 Å². The van der Waals surface area contributed by atoms with Crippen molar-refractivity contribution in [1.29, 1.82) is 0 Å². The molecule has 1 heterocycles. The van der Waals surface area contributed by atoms with Gasteiger partial charge in [0.2, 0.25) is 0 Å². The van der Waals surface area contributed by atoms with Gasteiger partial charge in [0.1, 0.15) is 12.2 Å². The standard InChI is InChI=1S/C26H20Cl2N2O5/c1-15-6-5-8-18(10-15)30-25(32)19(24(31)29-26(30)33)11-16-12-21(28)23(22(13-16)34-2)35-14-17-7-3-4-9-20(17)27/h3-13H,14H2,1-2H3,(H,29,31,33). The third-order valence-electron chi connectivity index (χ3n) is 5.25. The first-order valence-electron chi connectivity index (χ1n) is 10.5. The summed E-state index contributed by atoms with van der Waals surface area (Å²) < 4.78 is 11.3. The summed E-state index contributed by atoms with van der Waals surface area (Å²) in [5, 5.41) is 2.97. The SMILES string of the molecule is COc1cc(C=C2C(=O)NC(=O)N(c3cccc(C)c3)C2=O)cc(Cl)c1OCc1ccccc1Cl. The fourth-order valence-electron chi connectivity index (χ4n) is 3.55. The molecule has 0 bridgehead atoms. The van der Waals surface area contributed by atoms with Crippen LogP contribution in [0.5, 0.6) is 11.5 Å². The van der Waals surface area contributed by atoms with E-state index in [9.17, 15) is 14.4 Å². The quantitative estimate of drug-likeness (QED) is 0.346. The number of carbonyl (C=O) groups excluding carboxylic acids is 3. The summed E-state index contributed by atoms with van der Waals surface area (Å²) >= 11 is 12.6. The third kappa shape index (κ3) is 5.16. The predicted octanol–water partition coefficient (Wildman–Crippen LogP) is 5.56. The Labute approximate surface area is 211 Å². The maximum atomic E-state index is 13.1. The highest BCUT2D eigenvalue weighted by Gasteiger charge is 2.36. The van der Waals surface area contributed by atoms with Gasteiger partial charge in [-0.1, -0.05) is 53.5 Å². The number of barbiturate groups is 1. The van der Waals surface area contributed by atoms with Crippen molar-refractivity contribution in [2.24, 2.45) is 0 Å². The topological polar surface area (TPSA) is 84.9 Å². The maximum Gasteiger partial charge on any atom is 0.335 e. The van der Waals surface area contributed by atoms with Crippen molar-refractivity contribution >= 4 is 52.8 Å². The number of aryl methyl sites for hydroxylation is 1. The number of imide groups is 2. The molecule has 0 unspecified atom stereocenters. The fraction of sp³-hybridized carbons (Fsp3) is 0.115. The molecule has 1 fully saturated rings. The summed E-state index contributed by atoms with van der Waals surface area (Å²) in [6.07, 6.45) is 1.35. The molecule has 9 heteroatoms. The van der Waals surface area contributed by atoms with Gasteiger partial charge in [-0.25, -0.2) is 9.69 Å². The number of hydrogen-bond donors (Lipinski definition) is 1. The molecule has 3 aromatic rings. The van der Waals surface area contributed by atoms with E-state index in [4.69, 9.17) is 32.7 Å². The molecule has 0 spiro atoms. The summed E-state index contributed by atoms with van der Waals surface area (Å²) in [4.78, 5) is 39.0. The van der Waals surface area contributed by atoms with E-state index in [1.807, 2.05) is 31.2 Å². The maximum absolute atomic E-state index is 13.1. The van der Waals surface area contributed by atoms with Crippen molar-refractivity contribution < 1.29 is 23.9 Å². The number of benzene rings is 3. The first-order chi connectivity index (χ1) is 16.8. The smallest absolute Gasteiger partial charge is 0.335 e. The van der Waals surface area contributed by atoms with Crippen molar-refractivity contribution in [1.82, 2.24) is 5.32 Å². The van der Waals surface area contributed by atoms with Crippen LogP contribution >= 0.6 is 23.2 Å². The van der Waals surface area contributed by atoms with Crippen molar-refractivity contribution in [2.45, 2.75) is 13.5 Å². The molecule has 0 aliphatic carbocycles.